The van der Waals surface area contributed by atoms with Crippen LogP contribution in [0.15, 0.2) is 18.2 Å². The molecule has 2 unspecified atom stereocenters. The van der Waals surface area contributed by atoms with Gasteiger partial charge in [0.15, 0.2) is 0 Å². The maximum atomic E-state index is 13.3. The van der Waals surface area contributed by atoms with Crippen LogP contribution >= 0.6 is 0 Å². The van der Waals surface area contributed by atoms with Gasteiger partial charge < -0.3 is 19.9 Å². The molecule has 6 nitrogen and oxygen atoms in total. The van der Waals surface area contributed by atoms with Crippen LogP contribution in [0, 0.1) is 5.92 Å². The zero-order valence-electron chi connectivity index (χ0n) is 19.5. The molecular formula is C24H35F3N4O2. The third kappa shape index (κ3) is 6.12. The average Bonchev–Trinajstić information content (AvgIpc) is 3.27. The maximum Gasteiger partial charge on any atom is 0.416 e. The molecule has 9 heteroatoms. The van der Waals surface area contributed by atoms with E-state index in [1.165, 1.54) is 6.07 Å². The number of carbonyl (C=O) groups excluding carboxylic acids is 1. The molecule has 1 aromatic carbocycles. The molecule has 3 aliphatic rings. The standard InChI is InChI=1S/C24H35F3N4O2/c1-17-14-29(15-18(2)33-17)16-19-7-11-31(12-8-19)23(32)28-21-13-20(24(25,26)27)5-6-22(21)30-9-3-4-10-30/h5-6,13,17-19H,3-4,7-12,14-16H2,1-2H3,(H,28,32). The van der Waals surface area contributed by atoms with E-state index >= 15 is 0 Å². The van der Waals surface area contributed by atoms with E-state index in [1.54, 1.807) is 4.90 Å². The third-order valence-corrected chi connectivity index (χ3v) is 6.93. The van der Waals surface area contributed by atoms with Gasteiger partial charge in [-0.3, -0.25) is 4.90 Å². The number of nitrogens with one attached hydrogen (secondary N) is 1. The normalized spacial score (nSPS) is 25.5. The molecule has 0 radical (unpaired) electrons. The maximum absolute atomic E-state index is 13.3. The lowest BCUT2D eigenvalue weighted by atomic mass is 9.96. The molecule has 4 rings (SSSR count). The number of halogens is 3. The van der Waals surface area contributed by atoms with Crippen molar-refractivity contribution in [3.8, 4) is 0 Å². The predicted molar refractivity (Wildman–Crippen MR) is 123 cm³/mol. The molecule has 2 atom stereocenters. The van der Waals surface area contributed by atoms with Gasteiger partial charge in [-0.15, -0.1) is 0 Å². The molecule has 0 bridgehead atoms. The van der Waals surface area contributed by atoms with Crippen LogP contribution in [0.25, 0.3) is 0 Å². The number of ether oxygens (including phenoxy) is 1. The van der Waals surface area contributed by atoms with Gasteiger partial charge >= 0.3 is 12.2 Å². The van der Waals surface area contributed by atoms with Crippen molar-refractivity contribution in [2.75, 3.05) is 56.0 Å². The number of nitrogens with zero attached hydrogens (tertiary/aromatic N) is 3. The highest BCUT2D eigenvalue weighted by molar-refractivity contribution is 5.93. The Morgan fingerprint density at radius 3 is 2.30 bits per heavy atom. The number of rotatable bonds is 4. The van der Waals surface area contributed by atoms with Crippen LogP contribution in [0.4, 0.5) is 29.3 Å². The summed E-state index contributed by atoms with van der Waals surface area (Å²) in [6.07, 6.45) is -0.181. The van der Waals surface area contributed by atoms with Gasteiger partial charge in [0.2, 0.25) is 0 Å². The van der Waals surface area contributed by atoms with Gasteiger partial charge in [-0.1, -0.05) is 0 Å². The molecule has 0 saturated carbocycles. The highest BCUT2D eigenvalue weighted by Crippen LogP contribution is 2.37. The Hall–Kier alpha value is -2.00. The topological polar surface area (TPSA) is 48.0 Å². The van der Waals surface area contributed by atoms with Crippen molar-refractivity contribution in [3.05, 3.63) is 23.8 Å². The second kappa shape index (κ2) is 10.1. The second-order valence-corrected chi connectivity index (χ2v) is 9.76. The molecule has 3 aliphatic heterocycles. The molecule has 3 heterocycles. The Kier molecular flexibility index (Phi) is 7.38. The average molecular weight is 469 g/mol. The van der Waals surface area contributed by atoms with E-state index in [0.717, 1.165) is 70.5 Å². The van der Waals surface area contributed by atoms with E-state index in [9.17, 15) is 18.0 Å². The van der Waals surface area contributed by atoms with Gasteiger partial charge in [0.25, 0.3) is 0 Å². The summed E-state index contributed by atoms with van der Waals surface area (Å²) in [5.41, 5.74) is 0.169. The van der Waals surface area contributed by atoms with Crippen LogP contribution in [-0.4, -0.2) is 73.9 Å². The number of anilines is 2. The molecule has 0 aromatic heterocycles. The summed E-state index contributed by atoms with van der Waals surface area (Å²) in [6.45, 7) is 9.87. The summed E-state index contributed by atoms with van der Waals surface area (Å²) in [5, 5.41) is 2.80. The Morgan fingerprint density at radius 1 is 1.06 bits per heavy atom. The first kappa shape index (κ1) is 24.1. The SMILES string of the molecule is CC1CN(CC2CCN(C(=O)Nc3cc(C(F)(F)F)ccc3N3CCCC3)CC2)CC(C)O1. The largest absolute Gasteiger partial charge is 0.416 e. The molecule has 3 fully saturated rings. The van der Waals surface area contributed by atoms with Crippen LogP contribution in [-0.2, 0) is 10.9 Å². The predicted octanol–water partition coefficient (Wildman–Crippen LogP) is 4.66. The quantitative estimate of drug-likeness (QED) is 0.699. The number of morpholine rings is 1. The third-order valence-electron chi connectivity index (χ3n) is 6.93. The number of piperidine rings is 1. The molecule has 33 heavy (non-hydrogen) atoms. The van der Waals surface area contributed by atoms with Crippen molar-refractivity contribution in [1.29, 1.82) is 0 Å². The van der Waals surface area contributed by atoms with E-state index in [-0.39, 0.29) is 23.9 Å². The Morgan fingerprint density at radius 2 is 1.70 bits per heavy atom. The molecule has 1 aromatic rings. The first-order valence-electron chi connectivity index (χ1n) is 12.1. The molecule has 0 aliphatic carbocycles. The monoisotopic (exact) mass is 468 g/mol. The summed E-state index contributed by atoms with van der Waals surface area (Å²) >= 11 is 0. The minimum Gasteiger partial charge on any atom is -0.373 e. The van der Waals surface area contributed by atoms with Gasteiger partial charge in [-0.2, -0.15) is 13.2 Å². The fraction of sp³-hybridized carbons (Fsp3) is 0.708. The summed E-state index contributed by atoms with van der Waals surface area (Å²) < 4.78 is 45.7. The lowest BCUT2D eigenvalue weighted by molar-refractivity contribution is -0.137. The summed E-state index contributed by atoms with van der Waals surface area (Å²) in [7, 11) is 0. The molecule has 2 amide bonds. The zero-order chi connectivity index (χ0) is 23.6. The van der Waals surface area contributed by atoms with Gasteiger partial charge in [0.1, 0.15) is 0 Å². The second-order valence-electron chi connectivity index (χ2n) is 9.76. The number of hydrogen-bond acceptors (Lipinski definition) is 4. The lowest BCUT2D eigenvalue weighted by Gasteiger charge is -2.39. The van der Waals surface area contributed by atoms with E-state index in [2.05, 4.69) is 24.1 Å². The van der Waals surface area contributed by atoms with Crippen molar-refractivity contribution in [1.82, 2.24) is 9.80 Å². The van der Waals surface area contributed by atoms with Crippen molar-refractivity contribution in [2.24, 2.45) is 5.92 Å². The number of urea groups is 1. The van der Waals surface area contributed by atoms with E-state index in [4.69, 9.17) is 4.74 Å². The van der Waals surface area contributed by atoms with Crippen LogP contribution < -0.4 is 10.2 Å². The number of likely N-dealkylation sites (tertiary alicyclic amines) is 1. The number of amides is 2. The van der Waals surface area contributed by atoms with E-state index < -0.39 is 11.7 Å². The van der Waals surface area contributed by atoms with E-state index in [0.29, 0.717) is 24.7 Å². The minimum absolute atomic E-state index is 0.233. The highest BCUT2D eigenvalue weighted by Gasteiger charge is 2.33. The summed E-state index contributed by atoms with van der Waals surface area (Å²) in [5.74, 6) is 0.514. The van der Waals surface area contributed by atoms with Gasteiger partial charge in [0.05, 0.1) is 29.1 Å². The van der Waals surface area contributed by atoms with Crippen LogP contribution in [0.5, 0.6) is 0 Å². The van der Waals surface area contributed by atoms with Gasteiger partial charge in [-0.05, 0) is 63.6 Å². The van der Waals surface area contributed by atoms with Crippen molar-refractivity contribution in [3.63, 3.8) is 0 Å². The number of benzene rings is 1. The van der Waals surface area contributed by atoms with E-state index in [1.807, 2.05) is 4.90 Å². The fourth-order valence-corrected chi connectivity index (χ4v) is 5.36. The van der Waals surface area contributed by atoms with Gasteiger partial charge in [0, 0.05) is 45.8 Å². The molecule has 184 valence electrons. The highest BCUT2D eigenvalue weighted by atomic mass is 19.4. The zero-order valence-corrected chi connectivity index (χ0v) is 19.5. The lowest BCUT2D eigenvalue weighted by Crippen LogP contribution is -2.49. The molecule has 0 spiro atoms. The fourth-order valence-electron chi connectivity index (χ4n) is 5.36. The smallest absolute Gasteiger partial charge is 0.373 e. The number of carbonyl (C=O) groups is 1. The summed E-state index contributed by atoms with van der Waals surface area (Å²) in [4.78, 5) is 19.2. The van der Waals surface area contributed by atoms with Crippen molar-refractivity contribution < 1.29 is 22.7 Å². The molecule has 1 N–H and O–H groups in total. The Bertz CT molecular complexity index is 810. The number of hydrogen-bond donors (Lipinski definition) is 1. The first-order chi connectivity index (χ1) is 15.7. The number of alkyl halides is 3. The molecule has 3 saturated heterocycles. The van der Waals surface area contributed by atoms with Gasteiger partial charge in [-0.25, -0.2) is 4.79 Å². The van der Waals surface area contributed by atoms with Crippen molar-refractivity contribution in [2.45, 2.75) is 57.9 Å². The van der Waals surface area contributed by atoms with Crippen LogP contribution in [0.3, 0.4) is 0 Å². The Balaban J connectivity index is 1.36. The first-order valence-corrected chi connectivity index (χ1v) is 12.1. The van der Waals surface area contributed by atoms with Crippen LogP contribution in [0.2, 0.25) is 0 Å². The summed E-state index contributed by atoms with van der Waals surface area (Å²) in [6, 6.07) is 3.34. The van der Waals surface area contributed by atoms with Crippen molar-refractivity contribution >= 4 is 17.4 Å². The Labute approximate surface area is 194 Å². The minimum atomic E-state index is -4.45. The molecular weight excluding hydrogens is 433 g/mol. The van der Waals surface area contributed by atoms with Crippen LogP contribution in [0.1, 0.15) is 45.1 Å².